The molecule has 1 saturated heterocycles. The van der Waals surface area contributed by atoms with Crippen LogP contribution in [0, 0.1) is 24.7 Å². The van der Waals surface area contributed by atoms with Crippen LogP contribution in [-0.4, -0.2) is 44.5 Å². The number of para-hydroxylation sites is 1. The molecule has 1 unspecified atom stereocenters. The highest BCUT2D eigenvalue weighted by molar-refractivity contribution is 5.58. The summed E-state index contributed by atoms with van der Waals surface area (Å²) < 4.78 is 7.48. The normalized spacial score (nSPS) is 25.6. The number of hydrogen-bond acceptors (Lipinski definition) is 7. The van der Waals surface area contributed by atoms with Crippen molar-refractivity contribution < 1.29 is 4.52 Å². The number of fused-ring (bicyclic) bond motifs is 3. The number of nitrogens with zero attached hydrogens (tertiary/aromatic N) is 7. The van der Waals surface area contributed by atoms with E-state index in [2.05, 4.69) is 48.9 Å². The fourth-order valence-corrected chi connectivity index (χ4v) is 5.41. The Morgan fingerprint density at radius 1 is 1.03 bits per heavy atom. The van der Waals surface area contributed by atoms with Crippen molar-refractivity contribution in [3.63, 3.8) is 0 Å². The second-order valence-corrected chi connectivity index (χ2v) is 8.53. The molecule has 0 N–H and O–H groups in total. The molecule has 0 amide bonds. The second-order valence-electron chi connectivity index (χ2n) is 8.53. The van der Waals surface area contributed by atoms with Gasteiger partial charge in [-0.2, -0.15) is 15.1 Å². The predicted octanol–water partition coefficient (Wildman–Crippen LogP) is 2.83. The fraction of sp³-hybridized carbons (Fsp3) is 0.524. The van der Waals surface area contributed by atoms with Crippen molar-refractivity contribution in [2.75, 3.05) is 29.4 Å². The molecule has 4 heterocycles. The maximum absolute atomic E-state index is 5.41. The summed E-state index contributed by atoms with van der Waals surface area (Å²) in [7, 11) is 0. The Morgan fingerprint density at radius 3 is 2.55 bits per heavy atom. The van der Waals surface area contributed by atoms with Gasteiger partial charge in [-0.15, -0.1) is 0 Å². The Hall–Kier alpha value is -2.90. The van der Waals surface area contributed by atoms with Gasteiger partial charge in [-0.25, -0.2) is 4.68 Å². The Labute approximate surface area is 169 Å². The largest absolute Gasteiger partial charge is 0.324 e. The van der Waals surface area contributed by atoms with Gasteiger partial charge in [0.05, 0.1) is 6.54 Å². The molecule has 3 aliphatic rings. The number of rotatable bonds is 4. The molecule has 1 saturated carbocycles. The molecule has 8 nitrogen and oxygen atoms in total. The minimum absolute atomic E-state index is 0.642. The lowest BCUT2D eigenvalue weighted by Gasteiger charge is -2.36. The molecule has 1 aliphatic carbocycles. The van der Waals surface area contributed by atoms with E-state index >= 15 is 0 Å². The fourth-order valence-electron chi connectivity index (χ4n) is 5.41. The van der Waals surface area contributed by atoms with Gasteiger partial charge in [-0.3, -0.25) is 0 Å². The Kier molecular flexibility index (Phi) is 3.85. The quantitative estimate of drug-likeness (QED) is 0.677. The van der Waals surface area contributed by atoms with E-state index in [1.807, 2.05) is 13.0 Å². The van der Waals surface area contributed by atoms with Crippen LogP contribution in [0.3, 0.4) is 0 Å². The first-order valence-electron chi connectivity index (χ1n) is 10.6. The third-order valence-corrected chi connectivity index (χ3v) is 6.78. The van der Waals surface area contributed by atoms with E-state index in [-0.39, 0.29) is 0 Å². The lowest BCUT2D eigenvalue weighted by Crippen LogP contribution is -2.43. The van der Waals surface area contributed by atoms with Crippen molar-refractivity contribution in [1.82, 2.24) is 24.9 Å². The van der Waals surface area contributed by atoms with E-state index in [0.29, 0.717) is 29.6 Å². The van der Waals surface area contributed by atoms with Crippen LogP contribution in [0.1, 0.15) is 24.5 Å². The van der Waals surface area contributed by atoms with Crippen molar-refractivity contribution in [3.8, 4) is 0 Å². The molecule has 1 aromatic carbocycles. The van der Waals surface area contributed by atoms with Gasteiger partial charge in [0, 0.05) is 31.7 Å². The van der Waals surface area contributed by atoms with Crippen LogP contribution >= 0.6 is 0 Å². The van der Waals surface area contributed by atoms with Crippen LogP contribution in [-0.2, 0) is 13.0 Å². The summed E-state index contributed by atoms with van der Waals surface area (Å²) in [5.74, 6) is 4.61. The summed E-state index contributed by atoms with van der Waals surface area (Å²) in [6, 6.07) is 11.2. The highest BCUT2D eigenvalue weighted by Crippen LogP contribution is 2.44. The van der Waals surface area contributed by atoms with E-state index in [1.165, 1.54) is 18.5 Å². The summed E-state index contributed by atoms with van der Waals surface area (Å²) in [5, 5.41) is 8.80. The molecule has 150 valence electrons. The topological polar surface area (TPSA) is 76.1 Å². The van der Waals surface area contributed by atoms with Gasteiger partial charge in [0.2, 0.25) is 5.95 Å². The summed E-state index contributed by atoms with van der Waals surface area (Å²) in [6.07, 6.45) is 3.50. The summed E-state index contributed by atoms with van der Waals surface area (Å²) >= 11 is 0. The number of aryl methyl sites for hydroxylation is 1. The number of aromatic nitrogens is 5. The molecular weight excluding hydrogens is 366 g/mol. The van der Waals surface area contributed by atoms with E-state index < -0.39 is 0 Å². The lowest BCUT2D eigenvalue weighted by molar-refractivity contribution is 0.254. The highest BCUT2D eigenvalue weighted by atomic mass is 16.5. The molecule has 2 aliphatic heterocycles. The zero-order valence-electron chi connectivity index (χ0n) is 16.6. The summed E-state index contributed by atoms with van der Waals surface area (Å²) in [6.45, 7) is 5.70. The van der Waals surface area contributed by atoms with Crippen molar-refractivity contribution in [3.05, 3.63) is 42.0 Å². The number of benzene rings is 1. The molecule has 2 aromatic heterocycles. The van der Waals surface area contributed by atoms with Gasteiger partial charge in [-0.1, -0.05) is 23.4 Å². The minimum atomic E-state index is 0.642. The lowest BCUT2D eigenvalue weighted by atomic mass is 9.82. The maximum atomic E-state index is 5.41. The van der Waals surface area contributed by atoms with Crippen LogP contribution in [0.2, 0.25) is 0 Å². The van der Waals surface area contributed by atoms with Crippen LogP contribution in [0.25, 0.3) is 0 Å². The first-order chi connectivity index (χ1) is 14.2. The van der Waals surface area contributed by atoms with Gasteiger partial charge in [0.25, 0.3) is 0 Å². The molecule has 0 spiro atoms. The molecule has 8 heteroatoms. The van der Waals surface area contributed by atoms with Gasteiger partial charge < -0.3 is 14.3 Å². The van der Waals surface area contributed by atoms with Crippen molar-refractivity contribution in [1.29, 1.82) is 0 Å². The number of piperidine rings is 1. The summed E-state index contributed by atoms with van der Waals surface area (Å²) in [4.78, 5) is 13.9. The third-order valence-electron chi connectivity index (χ3n) is 6.78. The molecule has 29 heavy (non-hydrogen) atoms. The van der Waals surface area contributed by atoms with Crippen molar-refractivity contribution >= 4 is 17.7 Å². The van der Waals surface area contributed by atoms with E-state index in [9.17, 15) is 0 Å². The molecule has 3 aromatic rings. The van der Waals surface area contributed by atoms with Crippen LogP contribution in [0.5, 0.6) is 0 Å². The molecule has 0 radical (unpaired) electrons. The SMILES string of the molecule is Cc1noc(N2C[C@H]3CC[C@@H](C2)C3Cc2nc3n(n2)CCN3c2ccccc2)n1. The first-order valence-corrected chi connectivity index (χ1v) is 10.6. The molecule has 2 bridgehead atoms. The zero-order valence-corrected chi connectivity index (χ0v) is 16.6. The third kappa shape index (κ3) is 2.89. The molecule has 6 rings (SSSR count). The second kappa shape index (κ2) is 6.57. The maximum Gasteiger partial charge on any atom is 0.324 e. The smallest absolute Gasteiger partial charge is 0.324 e. The monoisotopic (exact) mass is 391 g/mol. The van der Waals surface area contributed by atoms with Crippen LogP contribution in [0.4, 0.5) is 17.7 Å². The van der Waals surface area contributed by atoms with E-state index in [4.69, 9.17) is 14.6 Å². The van der Waals surface area contributed by atoms with Crippen molar-refractivity contribution in [2.24, 2.45) is 17.8 Å². The first kappa shape index (κ1) is 17.0. The van der Waals surface area contributed by atoms with Crippen LogP contribution < -0.4 is 9.80 Å². The average Bonchev–Trinajstić information content (AvgIpc) is 3.47. The van der Waals surface area contributed by atoms with Gasteiger partial charge in [-0.05, 0) is 49.7 Å². The van der Waals surface area contributed by atoms with Crippen LogP contribution in [0.15, 0.2) is 34.9 Å². The van der Waals surface area contributed by atoms with E-state index in [0.717, 1.165) is 44.4 Å². The average molecular weight is 391 g/mol. The predicted molar refractivity (Wildman–Crippen MR) is 108 cm³/mol. The molecular formula is C21H25N7O. The minimum Gasteiger partial charge on any atom is -0.324 e. The van der Waals surface area contributed by atoms with Gasteiger partial charge in [0.15, 0.2) is 11.6 Å². The molecule has 3 atom stereocenters. The Morgan fingerprint density at radius 2 is 1.83 bits per heavy atom. The van der Waals surface area contributed by atoms with Gasteiger partial charge in [0.1, 0.15) is 0 Å². The number of anilines is 3. The molecule has 2 fully saturated rings. The highest BCUT2D eigenvalue weighted by Gasteiger charge is 2.43. The Balaban J connectivity index is 1.19. The van der Waals surface area contributed by atoms with E-state index in [1.54, 1.807) is 0 Å². The zero-order chi connectivity index (χ0) is 19.4. The Bertz CT molecular complexity index is 999. The van der Waals surface area contributed by atoms with Gasteiger partial charge >= 0.3 is 6.01 Å². The summed E-state index contributed by atoms with van der Waals surface area (Å²) in [5.41, 5.74) is 1.19. The number of hydrogen-bond donors (Lipinski definition) is 0. The van der Waals surface area contributed by atoms with Crippen molar-refractivity contribution in [2.45, 2.75) is 32.7 Å². The standard InChI is InChI=1S/C21H25N7O/c1-14-22-21(29-25-14)26-12-15-7-8-16(13-26)18(15)11-19-23-20-27(9-10-28(20)24-19)17-5-3-2-4-6-17/h2-6,15-16,18H,7-13H2,1H3/t15-,16+,18?.